The Kier molecular flexibility index (Phi) is 14.3. The first kappa shape index (κ1) is 26.9. The molecule has 0 aliphatic carbocycles. The standard InChI is InChI=1S/C23H45NO4/c1-5-6-7-8-9-10-11-12-13-14-15-16-17-18-19-23(22(27)28,20-21(25)26)24(2,3)4/h5-20H2,1-4H3,(H-,25,26,27,28). The quantitative estimate of drug-likeness (QED) is 0.256. The summed E-state index contributed by atoms with van der Waals surface area (Å²) in [6.45, 7) is 2.25. The fraction of sp³-hybridized carbons (Fsp3) is 0.913. The number of carboxylic acids is 2. The Morgan fingerprint density at radius 3 is 1.39 bits per heavy atom. The maximum atomic E-state index is 11.8. The number of carbonyl (C=O) groups excluding carboxylic acids is 1. The van der Waals surface area contributed by atoms with Crippen molar-refractivity contribution in [1.82, 2.24) is 0 Å². The van der Waals surface area contributed by atoms with Gasteiger partial charge in [-0.3, -0.25) is 4.79 Å². The summed E-state index contributed by atoms with van der Waals surface area (Å²) >= 11 is 0. The molecule has 5 heteroatoms. The third-order valence-electron chi connectivity index (χ3n) is 6.05. The molecule has 0 saturated heterocycles. The van der Waals surface area contributed by atoms with Crippen LogP contribution in [0, 0.1) is 0 Å². The number of carbonyl (C=O) groups is 2. The molecule has 0 amide bonds. The van der Waals surface area contributed by atoms with E-state index in [9.17, 15) is 19.8 Å². The van der Waals surface area contributed by atoms with Gasteiger partial charge in [0, 0.05) is 6.42 Å². The van der Waals surface area contributed by atoms with Gasteiger partial charge < -0.3 is 19.5 Å². The highest BCUT2D eigenvalue weighted by Crippen LogP contribution is 2.29. The van der Waals surface area contributed by atoms with Crippen LogP contribution in [-0.4, -0.2) is 48.2 Å². The molecule has 0 aromatic rings. The molecule has 28 heavy (non-hydrogen) atoms. The lowest BCUT2D eigenvalue weighted by atomic mass is 9.85. The van der Waals surface area contributed by atoms with Gasteiger partial charge in [0.1, 0.15) is 17.9 Å². The molecule has 0 rings (SSSR count). The van der Waals surface area contributed by atoms with Gasteiger partial charge in [-0.15, -0.1) is 0 Å². The van der Waals surface area contributed by atoms with E-state index in [1.165, 1.54) is 70.6 Å². The van der Waals surface area contributed by atoms with Crippen LogP contribution in [0.1, 0.15) is 110 Å². The fourth-order valence-electron chi connectivity index (χ4n) is 3.97. The summed E-state index contributed by atoms with van der Waals surface area (Å²) in [5.41, 5.74) is -1.36. The van der Waals surface area contributed by atoms with Crippen LogP contribution >= 0.6 is 0 Å². The van der Waals surface area contributed by atoms with Crippen LogP contribution in [0.4, 0.5) is 0 Å². The molecule has 0 bridgehead atoms. The average Bonchev–Trinajstić information content (AvgIpc) is 2.59. The van der Waals surface area contributed by atoms with Crippen molar-refractivity contribution in [2.45, 2.75) is 115 Å². The molecule has 0 heterocycles. The second-order valence-corrected chi connectivity index (χ2v) is 9.25. The molecule has 0 aliphatic heterocycles. The van der Waals surface area contributed by atoms with E-state index in [2.05, 4.69) is 6.92 Å². The summed E-state index contributed by atoms with van der Waals surface area (Å²) in [7, 11) is 5.22. The normalized spacial score (nSPS) is 14.0. The topological polar surface area (TPSA) is 77.4 Å². The van der Waals surface area contributed by atoms with Crippen LogP contribution in [0.2, 0.25) is 0 Å². The Morgan fingerprint density at radius 1 is 0.750 bits per heavy atom. The molecule has 0 fully saturated rings. The number of unbranched alkanes of at least 4 members (excludes halogenated alkanes) is 13. The maximum absolute atomic E-state index is 11.8. The third kappa shape index (κ3) is 11.0. The summed E-state index contributed by atoms with van der Waals surface area (Å²) in [5, 5.41) is 21.0. The van der Waals surface area contributed by atoms with Gasteiger partial charge >= 0.3 is 5.97 Å². The number of aliphatic carboxylic acids is 2. The summed E-state index contributed by atoms with van der Waals surface area (Å²) in [4.78, 5) is 23.0. The lowest BCUT2D eigenvalue weighted by molar-refractivity contribution is -0.916. The van der Waals surface area contributed by atoms with Gasteiger partial charge in [0.2, 0.25) is 0 Å². The van der Waals surface area contributed by atoms with E-state index in [1.54, 1.807) is 21.1 Å². The molecule has 0 aliphatic rings. The Morgan fingerprint density at radius 2 is 1.11 bits per heavy atom. The predicted octanol–water partition coefficient (Wildman–Crippen LogP) is 4.53. The van der Waals surface area contributed by atoms with Gasteiger partial charge in [0.25, 0.3) is 0 Å². The zero-order valence-corrected chi connectivity index (χ0v) is 18.9. The van der Waals surface area contributed by atoms with Crippen molar-refractivity contribution in [1.29, 1.82) is 0 Å². The van der Waals surface area contributed by atoms with E-state index in [0.29, 0.717) is 6.42 Å². The van der Waals surface area contributed by atoms with E-state index in [4.69, 9.17) is 0 Å². The SMILES string of the molecule is CCCCCCCCCCCCCCCCC(CC(=O)O)(C(=O)[O-])[N+](C)(C)C. The Bertz CT molecular complexity index is 431. The number of nitrogens with zero attached hydrogens (tertiary/aromatic N) is 1. The second kappa shape index (κ2) is 14.8. The van der Waals surface area contributed by atoms with Crippen molar-refractivity contribution in [3.8, 4) is 0 Å². The number of hydrogen-bond donors (Lipinski definition) is 1. The van der Waals surface area contributed by atoms with Crippen LogP contribution in [0.15, 0.2) is 0 Å². The molecule has 166 valence electrons. The lowest BCUT2D eigenvalue weighted by Crippen LogP contribution is -2.66. The van der Waals surface area contributed by atoms with Gasteiger partial charge in [0.05, 0.1) is 21.1 Å². The first-order chi connectivity index (χ1) is 13.2. The average molecular weight is 400 g/mol. The molecular weight excluding hydrogens is 354 g/mol. The van der Waals surface area contributed by atoms with E-state index < -0.39 is 23.9 Å². The zero-order valence-electron chi connectivity index (χ0n) is 18.9. The molecule has 0 saturated carbocycles. The van der Waals surface area contributed by atoms with Crippen molar-refractivity contribution >= 4 is 11.9 Å². The summed E-state index contributed by atoms with van der Waals surface area (Å²) in [5.74, 6) is -2.33. The third-order valence-corrected chi connectivity index (χ3v) is 6.05. The van der Waals surface area contributed by atoms with E-state index in [-0.39, 0.29) is 4.48 Å². The van der Waals surface area contributed by atoms with Crippen LogP contribution in [0.25, 0.3) is 0 Å². The molecular formula is C23H45NO4. The zero-order chi connectivity index (χ0) is 21.5. The van der Waals surface area contributed by atoms with Crippen LogP contribution in [-0.2, 0) is 9.59 Å². The Hall–Kier alpha value is -1.10. The molecule has 0 spiro atoms. The summed E-state index contributed by atoms with van der Waals surface area (Å²) in [6.07, 6.45) is 17.3. The first-order valence-corrected chi connectivity index (χ1v) is 11.4. The first-order valence-electron chi connectivity index (χ1n) is 11.4. The van der Waals surface area contributed by atoms with Crippen molar-refractivity contribution in [3.63, 3.8) is 0 Å². The van der Waals surface area contributed by atoms with E-state index >= 15 is 0 Å². The Labute approximate surface area is 173 Å². The molecule has 1 atom stereocenters. The Balaban J connectivity index is 3.89. The summed E-state index contributed by atoms with van der Waals surface area (Å²) in [6, 6.07) is 0. The van der Waals surface area contributed by atoms with Gasteiger partial charge in [0.15, 0.2) is 0 Å². The van der Waals surface area contributed by atoms with Gasteiger partial charge in [-0.1, -0.05) is 90.4 Å². The van der Waals surface area contributed by atoms with Crippen LogP contribution < -0.4 is 5.11 Å². The highest BCUT2D eigenvalue weighted by Gasteiger charge is 2.46. The van der Waals surface area contributed by atoms with Crippen molar-refractivity contribution in [2.75, 3.05) is 21.1 Å². The van der Waals surface area contributed by atoms with Crippen LogP contribution in [0.3, 0.4) is 0 Å². The van der Waals surface area contributed by atoms with E-state index in [0.717, 1.165) is 19.3 Å². The second-order valence-electron chi connectivity index (χ2n) is 9.25. The summed E-state index contributed by atoms with van der Waals surface area (Å²) < 4.78 is 0.0695. The molecule has 0 radical (unpaired) electrons. The predicted molar refractivity (Wildman–Crippen MR) is 113 cm³/mol. The highest BCUT2D eigenvalue weighted by molar-refractivity contribution is 5.82. The molecule has 0 aromatic heterocycles. The minimum absolute atomic E-state index is 0.0695. The smallest absolute Gasteiger partial charge is 0.310 e. The molecule has 1 unspecified atom stereocenters. The number of quaternary nitrogens is 1. The van der Waals surface area contributed by atoms with E-state index in [1.807, 2.05) is 0 Å². The fourth-order valence-corrected chi connectivity index (χ4v) is 3.97. The number of carboxylic acid groups (broad SMARTS) is 2. The number of likely N-dealkylation sites (N-methyl/N-ethyl adjacent to an activating group) is 1. The van der Waals surface area contributed by atoms with Gasteiger partial charge in [-0.25, -0.2) is 0 Å². The minimum atomic E-state index is -1.36. The van der Waals surface area contributed by atoms with Gasteiger partial charge in [-0.2, -0.15) is 0 Å². The largest absolute Gasteiger partial charge is 0.544 e. The van der Waals surface area contributed by atoms with Crippen molar-refractivity contribution in [2.24, 2.45) is 0 Å². The molecule has 1 N–H and O–H groups in total. The number of rotatable bonds is 19. The number of hydrogen-bond acceptors (Lipinski definition) is 3. The van der Waals surface area contributed by atoms with Gasteiger partial charge in [-0.05, 0) is 6.42 Å². The minimum Gasteiger partial charge on any atom is -0.544 e. The van der Waals surface area contributed by atoms with Crippen molar-refractivity contribution < 1.29 is 24.3 Å². The maximum Gasteiger partial charge on any atom is 0.310 e. The molecule has 0 aromatic carbocycles. The van der Waals surface area contributed by atoms with Crippen molar-refractivity contribution in [3.05, 3.63) is 0 Å². The molecule has 5 nitrogen and oxygen atoms in total. The van der Waals surface area contributed by atoms with Crippen LogP contribution in [0.5, 0.6) is 0 Å². The highest BCUT2D eigenvalue weighted by atomic mass is 16.4. The lowest BCUT2D eigenvalue weighted by Gasteiger charge is -2.46. The monoisotopic (exact) mass is 399 g/mol.